The molecule has 1 aliphatic heterocycles. The summed E-state index contributed by atoms with van der Waals surface area (Å²) in [5, 5.41) is 4.07. The van der Waals surface area contributed by atoms with Gasteiger partial charge in [0.2, 0.25) is 17.6 Å². The van der Waals surface area contributed by atoms with Gasteiger partial charge in [0.05, 0.1) is 5.92 Å². The molecule has 4 rings (SSSR count). The molecule has 0 radical (unpaired) electrons. The number of rotatable bonds is 5. The molecule has 0 saturated carbocycles. The third-order valence-corrected chi connectivity index (χ3v) is 4.67. The summed E-state index contributed by atoms with van der Waals surface area (Å²) in [5.74, 6) is 1.12. The molecule has 3 aromatic rings. The maximum atomic E-state index is 12.3. The molecule has 1 atom stereocenters. The molecule has 1 amide bonds. The van der Waals surface area contributed by atoms with Crippen molar-refractivity contribution in [2.45, 2.75) is 25.4 Å². The Morgan fingerprint density at radius 3 is 2.52 bits per heavy atom. The second-order valence-electron chi connectivity index (χ2n) is 6.52. The lowest BCUT2D eigenvalue weighted by Gasteiger charge is -2.15. The summed E-state index contributed by atoms with van der Waals surface area (Å²) in [7, 11) is 0. The quantitative estimate of drug-likeness (QED) is 0.730. The van der Waals surface area contributed by atoms with Crippen LogP contribution in [0.15, 0.2) is 59.1 Å². The molecule has 1 aromatic heterocycles. The lowest BCUT2D eigenvalue weighted by Crippen LogP contribution is -2.24. The standard InChI is InChI=1S/C20H20N4O2.ClH/c21-11-14-6-8-16(9-7-14)19-22-20(26-23-19)17-10-18(25)24(13-17)12-15-4-2-1-3-5-15;/h1-9,17H,10-13,21H2;1H. The van der Waals surface area contributed by atoms with Gasteiger partial charge in [0.25, 0.3) is 0 Å². The molecule has 1 saturated heterocycles. The Bertz CT molecular complexity index is 896. The van der Waals surface area contributed by atoms with Gasteiger partial charge in [0.15, 0.2) is 0 Å². The minimum Gasteiger partial charge on any atom is -0.339 e. The molecule has 1 aliphatic rings. The third-order valence-electron chi connectivity index (χ3n) is 4.67. The van der Waals surface area contributed by atoms with Gasteiger partial charge in [-0.25, -0.2) is 0 Å². The predicted molar refractivity (Wildman–Crippen MR) is 104 cm³/mol. The van der Waals surface area contributed by atoms with Gasteiger partial charge in [0.1, 0.15) is 0 Å². The van der Waals surface area contributed by atoms with Gasteiger partial charge < -0.3 is 15.2 Å². The Morgan fingerprint density at radius 1 is 1.07 bits per heavy atom. The highest BCUT2D eigenvalue weighted by molar-refractivity contribution is 5.85. The van der Waals surface area contributed by atoms with Crippen molar-refractivity contribution in [1.29, 1.82) is 0 Å². The summed E-state index contributed by atoms with van der Waals surface area (Å²) < 4.78 is 5.44. The molecule has 1 unspecified atom stereocenters. The van der Waals surface area contributed by atoms with Crippen LogP contribution in [0, 0.1) is 0 Å². The molecule has 2 aromatic carbocycles. The van der Waals surface area contributed by atoms with Gasteiger partial charge in [-0.1, -0.05) is 59.8 Å². The van der Waals surface area contributed by atoms with E-state index in [1.54, 1.807) is 0 Å². The van der Waals surface area contributed by atoms with E-state index in [4.69, 9.17) is 10.3 Å². The Morgan fingerprint density at radius 2 is 1.81 bits per heavy atom. The van der Waals surface area contributed by atoms with Crippen molar-refractivity contribution < 1.29 is 9.32 Å². The minimum atomic E-state index is -0.0595. The average molecular weight is 385 g/mol. The highest BCUT2D eigenvalue weighted by Gasteiger charge is 2.34. The fraction of sp³-hybridized carbons (Fsp3) is 0.250. The van der Waals surface area contributed by atoms with Crippen molar-refractivity contribution in [3.8, 4) is 11.4 Å². The maximum Gasteiger partial charge on any atom is 0.232 e. The zero-order valence-electron chi connectivity index (χ0n) is 14.7. The molecule has 6 nitrogen and oxygen atoms in total. The largest absolute Gasteiger partial charge is 0.339 e. The Balaban J connectivity index is 0.00000210. The molecule has 7 heteroatoms. The van der Waals surface area contributed by atoms with Gasteiger partial charge >= 0.3 is 0 Å². The first-order valence-corrected chi connectivity index (χ1v) is 8.67. The fourth-order valence-electron chi connectivity index (χ4n) is 3.20. The predicted octanol–water partition coefficient (Wildman–Crippen LogP) is 3.13. The number of aromatic nitrogens is 2. The number of amides is 1. The minimum absolute atomic E-state index is 0. The van der Waals surface area contributed by atoms with Crippen LogP contribution in [0.4, 0.5) is 0 Å². The third kappa shape index (κ3) is 4.18. The fourth-order valence-corrected chi connectivity index (χ4v) is 3.20. The van der Waals surface area contributed by atoms with Crippen LogP contribution >= 0.6 is 12.4 Å². The molecule has 140 valence electrons. The normalized spacial score (nSPS) is 16.4. The molecule has 27 heavy (non-hydrogen) atoms. The van der Waals surface area contributed by atoms with Crippen LogP contribution < -0.4 is 5.73 Å². The van der Waals surface area contributed by atoms with Crippen LogP contribution in [0.25, 0.3) is 11.4 Å². The summed E-state index contributed by atoms with van der Waals surface area (Å²) in [4.78, 5) is 18.7. The second-order valence-corrected chi connectivity index (χ2v) is 6.52. The Hall–Kier alpha value is -2.70. The van der Waals surface area contributed by atoms with E-state index >= 15 is 0 Å². The number of carbonyl (C=O) groups excluding carboxylic acids is 1. The zero-order valence-corrected chi connectivity index (χ0v) is 15.6. The van der Waals surface area contributed by atoms with Gasteiger partial charge in [-0.3, -0.25) is 4.79 Å². The first kappa shape index (κ1) is 19.1. The molecule has 2 heterocycles. The van der Waals surface area contributed by atoms with E-state index in [1.165, 1.54) is 0 Å². The molecular formula is C20H21ClN4O2. The summed E-state index contributed by atoms with van der Waals surface area (Å²) in [6.07, 6.45) is 0.403. The topological polar surface area (TPSA) is 85.2 Å². The maximum absolute atomic E-state index is 12.3. The number of halogens is 1. The van der Waals surface area contributed by atoms with Crippen molar-refractivity contribution >= 4 is 18.3 Å². The molecule has 1 fully saturated rings. The summed E-state index contributed by atoms with van der Waals surface area (Å²) >= 11 is 0. The smallest absolute Gasteiger partial charge is 0.232 e. The highest BCUT2D eigenvalue weighted by atomic mass is 35.5. The summed E-state index contributed by atoms with van der Waals surface area (Å²) in [6, 6.07) is 17.7. The summed E-state index contributed by atoms with van der Waals surface area (Å²) in [5.41, 5.74) is 8.67. The number of hydrogen-bond acceptors (Lipinski definition) is 5. The van der Waals surface area contributed by atoms with Crippen LogP contribution in [0.1, 0.15) is 29.4 Å². The van der Waals surface area contributed by atoms with Crippen LogP contribution in [-0.2, 0) is 17.9 Å². The van der Waals surface area contributed by atoms with Crippen molar-refractivity contribution in [2.75, 3.05) is 6.54 Å². The van der Waals surface area contributed by atoms with E-state index in [2.05, 4.69) is 10.1 Å². The van der Waals surface area contributed by atoms with Crippen molar-refractivity contribution in [3.05, 3.63) is 71.6 Å². The van der Waals surface area contributed by atoms with Gasteiger partial charge in [-0.15, -0.1) is 12.4 Å². The van der Waals surface area contributed by atoms with Crippen LogP contribution in [0.3, 0.4) is 0 Å². The Labute approximate surface area is 163 Å². The monoisotopic (exact) mass is 384 g/mol. The van der Waals surface area contributed by atoms with E-state index in [0.29, 0.717) is 37.8 Å². The Kier molecular flexibility index (Phi) is 5.88. The number of likely N-dealkylation sites (tertiary alicyclic amines) is 1. The van der Waals surface area contributed by atoms with Gasteiger partial charge in [0, 0.05) is 31.6 Å². The number of nitrogens with zero attached hydrogens (tertiary/aromatic N) is 3. The van der Waals surface area contributed by atoms with E-state index in [-0.39, 0.29) is 24.2 Å². The molecule has 0 bridgehead atoms. The van der Waals surface area contributed by atoms with Crippen LogP contribution in [-0.4, -0.2) is 27.5 Å². The molecule has 2 N–H and O–H groups in total. The van der Waals surface area contributed by atoms with Crippen LogP contribution in [0.2, 0.25) is 0 Å². The van der Waals surface area contributed by atoms with Crippen LogP contribution in [0.5, 0.6) is 0 Å². The number of benzene rings is 2. The SMILES string of the molecule is Cl.NCc1ccc(-c2noc(C3CC(=O)N(Cc4ccccc4)C3)n2)cc1. The van der Waals surface area contributed by atoms with E-state index < -0.39 is 0 Å². The second kappa shape index (κ2) is 8.33. The number of carbonyl (C=O) groups is 1. The highest BCUT2D eigenvalue weighted by Crippen LogP contribution is 2.29. The first-order valence-electron chi connectivity index (χ1n) is 8.67. The number of hydrogen-bond donors (Lipinski definition) is 1. The lowest BCUT2D eigenvalue weighted by atomic mass is 10.1. The van der Waals surface area contributed by atoms with E-state index in [0.717, 1.165) is 16.7 Å². The van der Waals surface area contributed by atoms with Crippen molar-refractivity contribution in [2.24, 2.45) is 5.73 Å². The average Bonchev–Trinajstić information content (AvgIpc) is 3.30. The van der Waals surface area contributed by atoms with E-state index in [1.807, 2.05) is 59.5 Å². The zero-order chi connectivity index (χ0) is 17.9. The van der Waals surface area contributed by atoms with Crippen molar-refractivity contribution in [3.63, 3.8) is 0 Å². The molecule has 0 aliphatic carbocycles. The molecular weight excluding hydrogens is 364 g/mol. The van der Waals surface area contributed by atoms with Gasteiger partial charge in [-0.05, 0) is 11.1 Å². The van der Waals surface area contributed by atoms with Gasteiger partial charge in [-0.2, -0.15) is 4.98 Å². The summed E-state index contributed by atoms with van der Waals surface area (Å²) in [6.45, 7) is 1.71. The lowest BCUT2D eigenvalue weighted by molar-refractivity contribution is -0.128. The molecule has 0 spiro atoms. The first-order chi connectivity index (χ1) is 12.7. The number of nitrogens with two attached hydrogens (primary N) is 1. The van der Waals surface area contributed by atoms with E-state index in [9.17, 15) is 4.79 Å². The van der Waals surface area contributed by atoms with Crippen molar-refractivity contribution in [1.82, 2.24) is 15.0 Å².